The van der Waals surface area contributed by atoms with Crippen LogP contribution in [-0.4, -0.2) is 72.6 Å². The summed E-state index contributed by atoms with van der Waals surface area (Å²) in [4.78, 5) is 8.08. The zero-order chi connectivity index (χ0) is 15.9. The molecule has 2 heterocycles. The highest BCUT2D eigenvalue weighted by molar-refractivity contribution is 4.81. The fraction of sp³-hybridized carbons (Fsp3) is 1.00. The van der Waals surface area contributed by atoms with Crippen molar-refractivity contribution < 1.29 is 0 Å². The fourth-order valence-corrected chi connectivity index (χ4v) is 4.20. The summed E-state index contributed by atoms with van der Waals surface area (Å²) in [7, 11) is 0. The lowest BCUT2D eigenvalue weighted by atomic mass is 9.92. The summed E-state index contributed by atoms with van der Waals surface area (Å²) in [5, 5.41) is 0. The topological polar surface area (TPSA) is 9.72 Å². The normalized spacial score (nSPS) is 28.1. The Hall–Kier alpha value is -0.120. The van der Waals surface area contributed by atoms with Crippen LogP contribution in [0.4, 0.5) is 0 Å². The van der Waals surface area contributed by atoms with E-state index in [0.717, 1.165) is 18.0 Å². The second kappa shape index (κ2) is 9.24. The van der Waals surface area contributed by atoms with Crippen molar-refractivity contribution in [1.82, 2.24) is 14.7 Å². The standard InChI is InChI=1S/C19H39N3/c1-5-10-21-15-14-20(16-18(21)4)11-7-19-8-12-22(13-9-19)17(3)6-2/h17-19H,5-16H2,1-4H3. The molecule has 0 aromatic rings. The lowest BCUT2D eigenvalue weighted by Crippen LogP contribution is -2.52. The third kappa shape index (κ3) is 5.21. The molecule has 3 nitrogen and oxygen atoms in total. The van der Waals surface area contributed by atoms with E-state index in [-0.39, 0.29) is 0 Å². The van der Waals surface area contributed by atoms with E-state index in [4.69, 9.17) is 0 Å². The molecule has 0 amide bonds. The highest BCUT2D eigenvalue weighted by Gasteiger charge is 2.25. The predicted octanol–water partition coefficient (Wildman–Crippen LogP) is 3.30. The second-order valence-electron chi connectivity index (χ2n) is 7.71. The molecular weight excluding hydrogens is 270 g/mol. The summed E-state index contributed by atoms with van der Waals surface area (Å²) >= 11 is 0. The minimum Gasteiger partial charge on any atom is -0.301 e. The number of piperidine rings is 1. The fourth-order valence-electron chi connectivity index (χ4n) is 4.20. The average Bonchev–Trinajstić information content (AvgIpc) is 2.55. The summed E-state index contributed by atoms with van der Waals surface area (Å²) in [6.45, 7) is 18.5. The van der Waals surface area contributed by atoms with E-state index >= 15 is 0 Å². The Morgan fingerprint density at radius 3 is 2.32 bits per heavy atom. The van der Waals surface area contributed by atoms with E-state index < -0.39 is 0 Å². The number of piperazine rings is 1. The van der Waals surface area contributed by atoms with Gasteiger partial charge in [-0.1, -0.05) is 13.8 Å². The third-order valence-corrected chi connectivity index (χ3v) is 6.08. The number of nitrogens with zero attached hydrogens (tertiary/aromatic N) is 3. The van der Waals surface area contributed by atoms with Gasteiger partial charge in [0.1, 0.15) is 0 Å². The molecule has 2 saturated heterocycles. The molecule has 0 saturated carbocycles. The van der Waals surface area contributed by atoms with Gasteiger partial charge in [-0.2, -0.15) is 0 Å². The van der Waals surface area contributed by atoms with Crippen LogP contribution in [-0.2, 0) is 0 Å². The Balaban J connectivity index is 1.63. The maximum Gasteiger partial charge on any atom is 0.0195 e. The molecular formula is C19H39N3. The van der Waals surface area contributed by atoms with Gasteiger partial charge in [0.15, 0.2) is 0 Å². The monoisotopic (exact) mass is 309 g/mol. The Kier molecular flexibility index (Phi) is 7.66. The average molecular weight is 310 g/mol. The van der Waals surface area contributed by atoms with Gasteiger partial charge in [-0.3, -0.25) is 4.90 Å². The lowest BCUT2D eigenvalue weighted by Gasteiger charge is -2.41. The van der Waals surface area contributed by atoms with Crippen LogP contribution >= 0.6 is 0 Å². The van der Waals surface area contributed by atoms with Gasteiger partial charge in [0.2, 0.25) is 0 Å². The number of hydrogen-bond acceptors (Lipinski definition) is 3. The highest BCUT2D eigenvalue weighted by atomic mass is 15.3. The lowest BCUT2D eigenvalue weighted by molar-refractivity contribution is 0.0731. The van der Waals surface area contributed by atoms with Crippen molar-refractivity contribution in [3.8, 4) is 0 Å². The first-order chi connectivity index (χ1) is 10.6. The molecule has 0 aromatic carbocycles. The van der Waals surface area contributed by atoms with Gasteiger partial charge < -0.3 is 9.80 Å². The molecule has 0 bridgehead atoms. The SMILES string of the molecule is CCCN1CCN(CCC2CCN(C(C)CC)CC2)CC1C. The van der Waals surface area contributed by atoms with Crippen LogP contribution in [0.1, 0.15) is 59.8 Å². The van der Waals surface area contributed by atoms with E-state index in [1.54, 1.807) is 0 Å². The van der Waals surface area contributed by atoms with E-state index in [9.17, 15) is 0 Å². The summed E-state index contributed by atoms with van der Waals surface area (Å²) in [6.07, 6.45) is 6.86. The largest absolute Gasteiger partial charge is 0.301 e. The third-order valence-electron chi connectivity index (χ3n) is 6.08. The van der Waals surface area contributed by atoms with Gasteiger partial charge in [0.25, 0.3) is 0 Å². The predicted molar refractivity (Wildman–Crippen MR) is 96.4 cm³/mol. The zero-order valence-electron chi connectivity index (χ0n) is 15.6. The molecule has 0 aromatic heterocycles. The summed E-state index contributed by atoms with van der Waals surface area (Å²) < 4.78 is 0. The maximum absolute atomic E-state index is 2.72. The molecule has 2 unspecified atom stereocenters. The van der Waals surface area contributed by atoms with Crippen LogP contribution < -0.4 is 0 Å². The first-order valence-corrected chi connectivity index (χ1v) is 9.84. The molecule has 22 heavy (non-hydrogen) atoms. The molecule has 0 radical (unpaired) electrons. The van der Waals surface area contributed by atoms with Gasteiger partial charge in [0.05, 0.1) is 0 Å². The van der Waals surface area contributed by atoms with Crippen LogP contribution in [0.2, 0.25) is 0 Å². The molecule has 0 N–H and O–H groups in total. The molecule has 2 atom stereocenters. The molecule has 0 spiro atoms. The van der Waals surface area contributed by atoms with Gasteiger partial charge in [-0.15, -0.1) is 0 Å². The molecule has 2 aliphatic rings. The van der Waals surface area contributed by atoms with E-state index in [1.165, 1.54) is 77.9 Å². The summed E-state index contributed by atoms with van der Waals surface area (Å²) in [6, 6.07) is 1.54. The van der Waals surface area contributed by atoms with Crippen LogP contribution in [0.5, 0.6) is 0 Å². The van der Waals surface area contributed by atoms with Crippen molar-refractivity contribution >= 4 is 0 Å². The van der Waals surface area contributed by atoms with Crippen LogP contribution in [0.3, 0.4) is 0 Å². The Labute approximate surface area is 139 Å². The molecule has 0 aliphatic carbocycles. The van der Waals surface area contributed by atoms with Gasteiger partial charge in [0, 0.05) is 31.7 Å². The molecule has 2 fully saturated rings. The summed E-state index contributed by atoms with van der Waals surface area (Å²) in [5.74, 6) is 0.976. The zero-order valence-corrected chi connectivity index (χ0v) is 15.6. The first kappa shape index (κ1) is 18.2. The van der Waals surface area contributed by atoms with E-state index in [2.05, 4.69) is 42.4 Å². The van der Waals surface area contributed by atoms with Crippen molar-refractivity contribution in [1.29, 1.82) is 0 Å². The second-order valence-corrected chi connectivity index (χ2v) is 7.71. The highest BCUT2D eigenvalue weighted by Crippen LogP contribution is 2.23. The van der Waals surface area contributed by atoms with Crippen molar-refractivity contribution in [2.24, 2.45) is 5.92 Å². The Morgan fingerprint density at radius 2 is 1.73 bits per heavy atom. The van der Waals surface area contributed by atoms with Gasteiger partial charge in [-0.25, -0.2) is 0 Å². The van der Waals surface area contributed by atoms with Crippen molar-refractivity contribution in [3.63, 3.8) is 0 Å². The molecule has 3 heteroatoms. The van der Waals surface area contributed by atoms with Crippen molar-refractivity contribution in [2.75, 3.05) is 45.8 Å². The van der Waals surface area contributed by atoms with Crippen LogP contribution in [0, 0.1) is 5.92 Å². The first-order valence-electron chi connectivity index (χ1n) is 9.84. The van der Waals surface area contributed by atoms with Gasteiger partial charge in [-0.05, 0) is 78.0 Å². The van der Waals surface area contributed by atoms with Crippen molar-refractivity contribution in [2.45, 2.75) is 71.9 Å². The van der Waals surface area contributed by atoms with Crippen LogP contribution in [0.25, 0.3) is 0 Å². The minimum atomic E-state index is 0.751. The van der Waals surface area contributed by atoms with Crippen LogP contribution in [0.15, 0.2) is 0 Å². The molecule has 2 rings (SSSR count). The Bertz CT molecular complexity index is 299. The van der Waals surface area contributed by atoms with E-state index in [0.29, 0.717) is 0 Å². The Morgan fingerprint density at radius 1 is 1.00 bits per heavy atom. The number of rotatable bonds is 7. The summed E-state index contributed by atoms with van der Waals surface area (Å²) in [5.41, 5.74) is 0. The van der Waals surface area contributed by atoms with Gasteiger partial charge >= 0.3 is 0 Å². The number of hydrogen-bond donors (Lipinski definition) is 0. The van der Waals surface area contributed by atoms with E-state index in [1.807, 2.05) is 0 Å². The molecule has 2 aliphatic heterocycles. The quantitative estimate of drug-likeness (QED) is 0.714. The smallest absolute Gasteiger partial charge is 0.0195 e. The maximum atomic E-state index is 2.72. The number of likely N-dealkylation sites (tertiary alicyclic amines) is 1. The molecule has 130 valence electrons. The van der Waals surface area contributed by atoms with Crippen molar-refractivity contribution in [3.05, 3.63) is 0 Å². The minimum absolute atomic E-state index is 0.751.